The second-order valence-corrected chi connectivity index (χ2v) is 6.25. The van der Waals surface area contributed by atoms with Crippen molar-refractivity contribution in [3.05, 3.63) is 52.5 Å². The van der Waals surface area contributed by atoms with Crippen LogP contribution >= 0.6 is 11.6 Å². The van der Waals surface area contributed by atoms with Crippen LogP contribution in [0.15, 0.2) is 36.4 Å². The Kier molecular flexibility index (Phi) is 4.44. The van der Waals surface area contributed by atoms with Gasteiger partial charge in [-0.15, -0.1) is 0 Å². The summed E-state index contributed by atoms with van der Waals surface area (Å²) >= 11 is 5.89. The van der Waals surface area contributed by atoms with Crippen molar-refractivity contribution in [3.8, 4) is 5.75 Å². The third-order valence-corrected chi connectivity index (χ3v) is 4.37. The largest absolute Gasteiger partial charge is 0.507 e. The monoisotopic (exact) mass is 330 g/mol. The van der Waals surface area contributed by atoms with Crippen molar-refractivity contribution in [2.24, 2.45) is 0 Å². The molecule has 0 radical (unpaired) electrons. The quantitative estimate of drug-likeness (QED) is 0.886. The first kappa shape index (κ1) is 15.7. The number of rotatable bonds is 3. The second-order valence-electron chi connectivity index (χ2n) is 5.81. The summed E-state index contributed by atoms with van der Waals surface area (Å²) in [6.07, 6.45) is 2.46. The average Bonchev–Trinajstić information content (AvgIpc) is 3.06. The number of hydrogen-bond donors (Lipinski definition) is 2. The van der Waals surface area contributed by atoms with E-state index < -0.39 is 0 Å². The van der Waals surface area contributed by atoms with Gasteiger partial charge in [0, 0.05) is 29.5 Å². The van der Waals surface area contributed by atoms with Crippen molar-refractivity contribution in [1.29, 1.82) is 0 Å². The molecule has 2 aromatic carbocycles. The van der Waals surface area contributed by atoms with Crippen LogP contribution in [0.3, 0.4) is 0 Å². The molecule has 1 heterocycles. The van der Waals surface area contributed by atoms with Crippen LogP contribution in [-0.2, 0) is 0 Å². The second kappa shape index (κ2) is 6.50. The SMILES string of the molecule is Cc1cc(N2CCCC2)ccc1NC(=O)c1cc(Cl)ccc1O. The van der Waals surface area contributed by atoms with Crippen LogP contribution in [0.2, 0.25) is 5.02 Å². The van der Waals surface area contributed by atoms with E-state index in [-0.39, 0.29) is 17.2 Å². The van der Waals surface area contributed by atoms with Crippen molar-refractivity contribution in [1.82, 2.24) is 0 Å². The number of anilines is 2. The first-order valence-corrected chi connectivity index (χ1v) is 8.08. The molecule has 0 aromatic heterocycles. The Labute approximate surface area is 140 Å². The third kappa shape index (κ3) is 3.42. The third-order valence-electron chi connectivity index (χ3n) is 4.13. The molecule has 1 aliphatic heterocycles. The molecule has 3 rings (SSSR count). The highest BCUT2D eigenvalue weighted by Gasteiger charge is 2.15. The van der Waals surface area contributed by atoms with Crippen LogP contribution in [0.5, 0.6) is 5.75 Å². The molecule has 5 heteroatoms. The summed E-state index contributed by atoms with van der Waals surface area (Å²) < 4.78 is 0. The van der Waals surface area contributed by atoms with E-state index in [9.17, 15) is 9.90 Å². The molecule has 1 fully saturated rings. The molecule has 1 amide bonds. The minimum atomic E-state index is -0.373. The number of carbonyl (C=O) groups excluding carboxylic acids is 1. The molecule has 2 N–H and O–H groups in total. The number of halogens is 1. The maximum atomic E-state index is 12.3. The molecule has 23 heavy (non-hydrogen) atoms. The molecule has 1 aliphatic rings. The van der Waals surface area contributed by atoms with E-state index >= 15 is 0 Å². The van der Waals surface area contributed by atoms with Gasteiger partial charge in [0.2, 0.25) is 0 Å². The van der Waals surface area contributed by atoms with Crippen molar-refractivity contribution in [2.75, 3.05) is 23.3 Å². The van der Waals surface area contributed by atoms with Gasteiger partial charge < -0.3 is 15.3 Å². The fourth-order valence-corrected chi connectivity index (χ4v) is 3.01. The van der Waals surface area contributed by atoms with Gasteiger partial charge in [-0.25, -0.2) is 0 Å². The van der Waals surface area contributed by atoms with Crippen LogP contribution in [0.1, 0.15) is 28.8 Å². The number of hydrogen-bond acceptors (Lipinski definition) is 3. The maximum Gasteiger partial charge on any atom is 0.259 e. The Morgan fingerprint density at radius 1 is 1.17 bits per heavy atom. The number of benzene rings is 2. The van der Waals surface area contributed by atoms with Gasteiger partial charge in [-0.05, 0) is 61.7 Å². The van der Waals surface area contributed by atoms with Gasteiger partial charge in [0.05, 0.1) is 5.56 Å². The predicted molar refractivity (Wildman–Crippen MR) is 93.7 cm³/mol. The number of carbonyl (C=O) groups is 1. The highest BCUT2D eigenvalue weighted by Crippen LogP contribution is 2.27. The van der Waals surface area contributed by atoms with E-state index in [1.165, 1.54) is 30.7 Å². The molecular weight excluding hydrogens is 312 g/mol. The molecule has 0 spiro atoms. The summed E-state index contributed by atoms with van der Waals surface area (Å²) in [5.41, 5.74) is 3.07. The van der Waals surface area contributed by atoms with Gasteiger partial charge in [0.25, 0.3) is 5.91 Å². The van der Waals surface area contributed by atoms with E-state index in [0.717, 1.165) is 24.3 Å². The standard InChI is InChI=1S/C18H19ClN2O2/c1-12-10-14(21-8-2-3-9-21)5-6-16(12)20-18(23)15-11-13(19)4-7-17(15)22/h4-7,10-11,22H,2-3,8-9H2,1H3,(H,20,23). The lowest BCUT2D eigenvalue weighted by atomic mass is 10.1. The molecule has 0 unspecified atom stereocenters. The Balaban J connectivity index is 1.79. The van der Waals surface area contributed by atoms with Crippen molar-refractivity contribution in [3.63, 3.8) is 0 Å². The first-order valence-electron chi connectivity index (χ1n) is 7.70. The zero-order valence-electron chi connectivity index (χ0n) is 13.0. The minimum Gasteiger partial charge on any atom is -0.507 e. The minimum absolute atomic E-state index is 0.0850. The van der Waals surface area contributed by atoms with E-state index in [4.69, 9.17) is 11.6 Å². The van der Waals surface area contributed by atoms with Gasteiger partial charge in [-0.3, -0.25) is 4.79 Å². The number of aryl methyl sites for hydroxylation is 1. The van der Waals surface area contributed by atoms with Crippen molar-refractivity contribution >= 4 is 28.9 Å². The number of phenols is 1. The van der Waals surface area contributed by atoms with E-state index in [0.29, 0.717) is 5.02 Å². The Morgan fingerprint density at radius 2 is 1.91 bits per heavy atom. The fraction of sp³-hybridized carbons (Fsp3) is 0.278. The lowest BCUT2D eigenvalue weighted by molar-refractivity contribution is 0.102. The molecule has 0 aliphatic carbocycles. The molecule has 0 atom stereocenters. The van der Waals surface area contributed by atoms with E-state index in [1.54, 1.807) is 6.07 Å². The van der Waals surface area contributed by atoms with E-state index in [2.05, 4.69) is 16.3 Å². The fourth-order valence-electron chi connectivity index (χ4n) is 2.84. The molecule has 0 saturated carbocycles. The number of nitrogens with zero attached hydrogens (tertiary/aromatic N) is 1. The van der Waals surface area contributed by atoms with Crippen molar-refractivity contribution in [2.45, 2.75) is 19.8 Å². The number of phenolic OH excluding ortho intramolecular Hbond substituents is 1. The van der Waals surface area contributed by atoms with Crippen LogP contribution in [0, 0.1) is 6.92 Å². The predicted octanol–water partition coefficient (Wildman–Crippen LogP) is 4.21. The zero-order chi connectivity index (χ0) is 16.4. The van der Waals surface area contributed by atoms with E-state index in [1.807, 2.05) is 19.1 Å². The Bertz CT molecular complexity index is 740. The number of nitrogens with one attached hydrogen (secondary N) is 1. The Morgan fingerprint density at radius 3 is 2.61 bits per heavy atom. The molecule has 0 bridgehead atoms. The van der Waals surface area contributed by atoms with Crippen LogP contribution < -0.4 is 10.2 Å². The Hall–Kier alpha value is -2.20. The van der Waals surface area contributed by atoms with Gasteiger partial charge in [-0.1, -0.05) is 11.6 Å². The average molecular weight is 331 g/mol. The summed E-state index contributed by atoms with van der Waals surface area (Å²) in [5.74, 6) is -0.458. The summed E-state index contributed by atoms with van der Waals surface area (Å²) in [6, 6.07) is 10.4. The molecule has 4 nitrogen and oxygen atoms in total. The number of amides is 1. The summed E-state index contributed by atoms with van der Waals surface area (Å²) in [5, 5.41) is 13.1. The van der Waals surface area contributed by atoms with Crippen LogP contribution in [0.4, 0.5) is 11.4 Å². The lowest BCUT2D eigenvalue weighted by Crippen LogP contribution is -2.18. The normalized spacial score (nSPS) is 14.1. The smallest absolute Gasteiger partial charge is 0.259 e. The number of aromatic hydroxyl groups is 1. The van der Waals surface area contributed by atoms with Gasteiger partial charge >= 0.3 is 0 Å². The summed E-state index contributed by atoms with van der Waals surface area (Å²) in [4.78, 5) is 14.7. The summed E-state index contributed by atoms with van der Waals surface area (Å²) in [7, 11) is 0. The molecule has 2 aromatic rings. The summed E-state index contributed by atoms with van der Waals surface area (Å²) in [6.45, 7) is 4.13. The zero-order valence-corrected chi connectivity index (χ0v) is 13.7. The molecule has 120 valence electrons. The maximum absolute atomic E-state index is 12.3. The highest BCUT2D eigenvalue weighted by molar-refractivity contribution is 6.31. The van der Waals surface area contributed by atoms with Crippen molar-refractivity contribution < 1.29 is 9.90 Å². The van der Waals surface area contributed by atoms with Gasteiger partial charge in [0.1, 0.15) is 5.75 Å². The van der Waals surface area contributed by atoms with Crippen LogP contribution in [0.25, 0.3) is 0 Å². The first-order chi connectivity index (χ1) is 11.0. The van der Waals surface area contributed by atoms with Gasteiger partial charge in [-0.2, -0.15) is 0 Å². The van der Waals surface area contributed by atoms with Gasteiger partial charge in [0.15, 0.2) is 0 Å². The van der Waals surface area contributed by atoms with Crippen LogP contribution in [-0.4, -0.2) is 24.1 Å². The topological polar surface area (TPSA) is 52.6 Å². The highest BCUT2D eigenvalue weighted by atomic mass is 35.5. The molecule has 1 saturated heterocycles. The molecular formula is C18H19ClN2O2. The lowest BCUT2D eigenvalue weighted by Gasteiger charge is -2.19.